The molecule has 5 nitrogen and oxygen atoms in total. The van der Waals surface area contributed by atoms with Gasteiger partial charge in [0.1, 0.15) is 6.04 Å². The number of ether oxygens (including phenoxy) is 1. The number of hydrogen-bond acceptors (Lipinski definition) is 3. The third-order valence-electron chi connectivity index (χ3n) is 4.57. The summed E-state index contributed by atoms with van der Waals surface area (Å²) in [5.74, 6) is 0.256. The van der Waals surface area contributed by atoms with Gasteiger partial charge < -0.3 is 15.0 Å². The largest absolute Gasteiger partial charge is 0.378 e. The van der Waals surface area contributed by atoms with Crippen LogP contribution < -0.4 is 5.32 Å². The lowest BCUT2D eigenvalue weighted by Gasteiger charge is -2.43. The summed E-state index contributed by atoms with van der Waals surface area (Å²) in [4.78, 5) is 26.4. The second-order valence-corrected chi connectivity index (χ2v) is 5.91. The molecule has 1 saturated carbocycles. The number of nitrogens with zero attached hydrogens (tertiary/aromatic N) is 1. The van der Waals surface area contributed by atoms with E-state index >= 15 is 0 Å². The van der Waals surface area contributed by atoms with Crippen molar-refractivity contribution in [1.29, 1.82) is 0 Å². The highest BCUT2D eigenvalue weighted by molar-refractivity contribution is 5.90. The summed E-state index contributed by atoms with van der Waals surface area (Å²) in [6, 6.07) is -0.112. The zero-order valence-electron chi connectivity index (χ0n) is 12.7. The van der Waals surface area contributed by atoms with Crippen molar-refractivity contribution < 1.29 is 14.3 Å². The van der Waals surface area contributed by atoms with Crippen LogP contribution in [0.3, 0.4) is 0 Å². The maximum atomic E-state index is 12.7. The number of amides is 2. The number of carbonyl (C=O) groups excluding carboxylic acids is 2. The maximum absolute atomic E-state index is 12.7. The van der Waals surface area contributed by atoms with E-state index in [1.54, 1.807) is 0 Å². The molecule has 2 aliphatic rings. The predicted molar refractivity (Wildman–Crippen MR) is 76.2 cm³/mol. The minimum Gasteiger partial charge on any atom is -0.378 e. The average Bonchev–Trinajstić information content (AvgIpc) is 2.53. The first-order valence-corrected chi connectivity index (χ1v) is 7.78. The van der Waals surface area contributed by atoms with Gasteiger partial charge in [-0.2, -0.15) is 0 Å². The van der Waals surface area contributed by atoms with Gasteiger partial charge in [0.2, 0.25) is 11.8 Å². The third kappa shape index (κ3) is 3.14. The molecule has 2 amide bonds. The lowest BCUT2D eigenvalue weighted by molar-refractivity contribution is -0.142. The van der Waals surface area contributed by atoms with Crippen LogP contribution in [0.25, 0.3) is 0 Å². The smallest absolute Gasteiger partial charge is 0.245 e. The molecule has 1 aliphatic carbocycles. The molecule has 2 unspecified atom stereocenters. The van der Waals surface area contributed by atoms with E-state index in [4.69, 9.17) is 4.74 Å². The van der Waals surface area contributed by atoms with Gasteiger partial charge in [-0.3, -0.25) is 9.59 Å². The van der Waals surface area contributed by atoms with E-state index in [0.29, 0.717) is 13.0 Å². The average molecular weight is 282 g/mol. The molecular weight excluding hydrogens is 256 g/mol. The Balaban J connectivity index is 2.01. The van der Waals surface area contributed by atoms with Crippen LogP contribution in [0.2, 0.25) is 0 Å². The predicted octanol–water partition coefficient (Wildman–Crippen LogP) is 1.32. The van der Waals surface area contributed by atoms with E-state index in [0.717, 1.165) is 25.9 Å². The van der Waals surface area contributed by atoms with Gasteiger partial charge in [0.15, 0.2) is 0 Å². The molecule has 1 saturated heterocycles. The van der Waals surface area contributed by atoms with Crippen molar-refractivity contribution in [1.82, 2.24) is 10.2 Å². The van der Waals surface area contributed by atoms with Crippen LogP contribution in [0.15, 0.2) is 0 Å². The standard InChI is InChI=1S/C15H26N2O3/c1-4-10(3)14-15(19)17(7-6-13(18)16-14)11-8-12(9-11)20-5-2/h10-12,14H,4-9H2,1-3H3,(H,16,18). The molecule has 2 rings (SSSR count). The van der Waals surface area contributed by atoms with Gasteiger partial charge in [0.05, 0.1) is 6.10 Å². The van der Waals surface area contributed by atoms with Gasteiger partial charge in [-0.15, -0.1) is 0 Å². The first-order chi connectivity index (χ1) is 9.56. The van der Waals surface area contributed by atoms with Crippen LogP contribution in [0, 0.1) is 5.92 Å². The maximum Gasteiger partial charge on any atom is 0.245 e. The molecule has 2 atom stereocenters. The minimum atomic E-state index is -0.360. The molecule has 114 valence electrons. The fourth-order valence-corrected chi connectivity index (χ4v) is 2.97. The van der Waals surface area contributed by atoms with Crippen LogP contribution >= 0.6 is 0 Å². The molecule has 0 bridgehead atoms. The fraction of sp³-hybridized carbons (Fsp3) is 0.867. The van der Waals surface area contributed by atoms with Crippen molar-refractivity contribution in [2.75, 3.05) is 13.2 Å². The van der Waals surface area contributed by atoms with Crippen molar-refractivity contribution in [3.8, 4) is 0 Å². The molecule has 2 fully saturated rings. The molecule has 1 heterocycles. The number of carbonyl (C=O) groups is 2. The van der Waals surface area contributed by atoms with Gasteiger partial charge in [0.25, 0.3) is 0 Å². The Bertz CT molecular complexity index is 366. The number of nitrogens with one attached hydrogen (secondary N) is 1. The Morgan fingerprint density at radius 3 is 2.65 bits per heavy atom. The number of rotatable bonds is 5. The molecule has 0 aromatic rings. The summed E-state index contributed by atoms with van der Waals surface area (Å²) in [5, 5.41) is 2.89. The van der Waals surface area contributed by atoms with Crippen molar-refractivity contribution in [2.24, 2.45) is 5.92 Å². The Morgan fingerprint density at radius 2 is 2.05 bits per heavy atom. The van der Waals surface area contributed by atoms with Crippen LogP contribution in [0.5, 0.6) is 0 Å². The first kappa shape index (κ1) is 15.3. The lowest BCUT2D eigenvalue weighted by Crippen LogP contribution is -2.55. The van der Waals surface area contributed by atoms with Crippen LogP contribution in [-0.2, 0) is 14.3 Å². The van der Waals surface area contributed by atoms with Gasteiger partial charge in [0, 0.05) is 25.6 Å². The summed E-state index contributed by atoms with van der Waals surface area (Å²) >= 11 is 0. The van der Waals surface area contributed by atoms with E-state index < -0.39 is 0 Å². The van der Waals surface area contributed by atoms with E-state index in [1.165, 1.54) is 0 Å². The Morgan fingerprint density at radius 1 is 1.35 bits per heavy atom. The molecule has 0 aromatic carbocycles. The van der Waals surface area contributed by atoms with Crippen molar-refractivity contribution >= 4 is 11.8 Å². The fourth-order valence-electron chi connectivity index (χ4n) is 2.97. The Hall–Kier alpha value is -1.10. The van der Waals surface area contributed by atoms with Crippen LogP contribution in [-0.4, -0.2) is 48.1 Å². The minimum absolute atomic E-state index is 0.00756. The second-order valence-electron chi connectivity index (χ2n) is 5.91. The topological polar surface area (TPSA) is 58.6 Å². The SMILES string of the molecule is CCOC1CC(N2CCC(=O)NC(C(C)CC)C2=O)C1. The monoisotopic (exact) mass is 282 g/mol. The van der Waals surface area contributed by atoms with Crippen molar-refractivity contribution in [2.45, 2.75) is 64.6 Å². The van der Waals surface area contributed by atoms with E-state index in [9.17, 15) is 9.59 Å². The van der Waals surface area contributed by atoms with Gasteiger partial charge in [-0.05, 0) is 25.7 Å². The normalized spacial score (nSPS) is 32.4. The Labute approximate surface area is 121 Å². The van der Waals surface area contributed by atoms with Crippen molar-refractivity contribution in [3.63, 3.8) is 0 Å². The van der Waals surface area contributed by atoms with Gasteiger partial charge in [-0.25, -0.2) is 0 Å². The first-order valence-electron chi connectivity index (χ1n) is 7.78. The molecular formula is C15H26N2O3. The third-order valence-corrected chi connectivity index (χ3v) is 4.57. The molecule has 1 N–H and O–H groups in total. The van der Waals surface area contributed by atoms with Crippen LogP contribution in [0.1, 0.15) is 46.5 Å². The quantitative estimate of drug-likeness (QED) is 0.827. The van der Waals surface area contributed by atoms with Gasteiger partial charge >= 0.3 is 0 Å². The van der Waals surface area contributed by atoms with E-state index in [-0.39, 0.29) is 35.9 Å². The molecule has 1 aliphatic heterocycles. The molecule has 20 heavy (non-hydrogen) atoms. The molecule has 5 heteroatoms. The molecule has 0 radical (unpaired) electrons. The van der Waals surface area contributed by atoms with Crippen molar-refractivity contribution in [3.05, 3.63) is 0 Å². The summed E-state index contributed by atoms with van der Waals surface area (Å²) in [5.41, 5.74) is 0. The summed E-state index contributed by atoms with van der Waals surface area (Å²) in [6.07, 6.45) is 3.39. The van der Waals surface area contributed by atoms with E-state index in [1.807, 2.05) is 25.7 Å². The lowest BCUT2D eigenvalue weighted by atomic mass is 9.86. The zero-order chi connectivity index (χ0) is 14.7. The summed E-state index contributed by atoms with van der Waals surface area (Å²) in [6.45, 7) is 7.33. The van der Waals surface area contributed by atoms with Crippen LogP contribution in [0.4, 0.5) is 0 Å². The van der Waals surface area contributed by atoms with Gasteiger partial charge in [-0.1, -0.05) is 20.3 Å². The number of hydrogen-bond donors (Lipinski definition) is 1. The molecule has 0 aromatic heterocycles. The Kier molecular flexibility index (Phi) is 5.02. The highest BCUT2D eigenvalue weighted by Crippen LogP contribution is 2.30. The highest BCUT2D eigenvalue weighted by atomic mass is 16.5. The summed E-state index contributed by atoms with van der Waals surface area (Å²) in [7, 11) is 0. The van der Waals surface area contributed by atoms with E-state index in [2.05, 4.69) is 5.32 Å². The molecule has 0 spiro atoms. The highest BCUT2D eigenvalue weighted by Gasteiger charge is 2.41. The summed E-state index contributed by atoms with van der Waals surface area (Å²) < 4.78 is 5.56. The zero-order valence-corrected chi connectivity index (χ0v) is 12.7. The second kappa shape index (κ2) is 6.57.